The van der Waals surface area contributed by atoms with Gasteiger partial charge in [0.2, 0.25) is 5.91 Å². The summed E-state index contributed by atoms with van der Waals surface area (Å²) in [5.74, 6) is -8.21. The van der Waals surface area contributed by atoms with E-state index < -0.39 is 89.8 Å². The summed E-state index contributed by atoms with van der Waals surface area (Å²) < 4.78 is 97.1. The van der Waals surface area contributed by atoms with Gasteiger partial charge in [-0.3, -0.25) is 9.59 Å². The molecule has 0 bridgehead atoms. The molecule has 3 N–H and O–H groups in total. The molecule has 15 heteroatoms. The molecule has 2 fully saturated rings. The summed E-state index contributed by atoms with van der Waals surface area (Å²) in [5.41, 5.74) is 3.12. The number of anilines is 1. The number of rotatable bonds is 4. The van der Waals surface area contributed by atoms with Gasteiger partial charge in [-0.25, -0.2) is 27.1 Å². The highest BCUT2D eigenvalue weighted by Crippen LogP contribution is 2.49. The molecule has 1 unspecified atom stereocenters. The van der Waals surface area contributed by atoms with Gasteiger partial charge >= 0.3 is 6.18 Å². The Morgan fingerprint density at radius 1 is 1.16 bits per heavy atom. The number of carbonyl (C=O) groups excluding carboxylic acids is 2. The Hall–Kier alpha value is -3.91. The second-order valence-electron chi connectivity index (χ2n) is 8.90. The number of nitrogens with two attached hydrogens (primary N) is 1. The first-order chi connectivity index (χ1) is 17.3. The maximum absolute atomic E-state index is 14.5. The molecule has 37 heavy (non-hydrogen) atoms. The number of alkyl halides is 6. The standard InChI is InChI=1S/C22H17F7N6O2/c23-13-2-1-9(16-4-11(22(27,28)29)17-18(30)31-8-32-35(16)17)3-10(13)19(36)33-15-7-34(6-14(15)24)20(37)12-5-21(12,25)26/h1-4,8,12,14-15H,5-7H2,(H,33,36)(H2,30,31,32)/t12?,14-,15+/m0/s1. The summed E-state index contributed by atoms with van der Waals surface area (Å²) in [4.78, 5) is 29.4. The van der Waals surface area contributed by atoms with Crippen LogP contribution in [0.2, 0.25) is 0 Å². The van der Waals surface area contributed by atoms with Gasteiger partial charge in [0, 0.05) is 18.5 Å². The van der Waals surface area contributed by atoms with Crippen molar-refractivity contribution in [2.45, 2.75) is 30.7 Å². The lowest BCUT2D eigenvalue weighted by Crippen LogP contribution is -2.42. The molecule has 5 rings (SSSR count). The van der Waals surface area contributed by atoms with Crippen LogP contribution in [0, 0.1) is 11.7 Å². The number of likely N-dealkylation sites (tertiary alicyclic amines) is 1. The van der Waals surface area contributed by atoms with Crippen molar-refractivity contribution >= 4 is 23.1 Å². The zero-order valence-electron chi connectivity index (χ0n) is 18.6. The number of amides is 2. The lowest BCUT2D eigenvalue weighted by atomic mass is 10.1. The van der Waals surface area contributed by atoms with E-state index in [-0.39, 0.29) is 11.3 Å². The van der Waals surface area contributed by atoms with E-state index in [4.69, 9.17) is 5.73 Å². The number of carbonyl (C=O) groups is 2. The Balaban J connectivity index is 1.41. The number of benzene rings is 1. The monoisotopic (exact) mass is 530 g/mol. The van der Waals surface area contributed by atoms with E-state index in [9.17, 15) is 40.3 Å². The number of halogens is 7. The summed E-state index contributed by atoms with van der Waals surface area (Å²) >= 11 is 0. The van der Waals surface area contributed by atoms with E-state index in [1.807, 2.05) is 0 Å². The average Bonchev–Trinajstić information content (AvgIpc) is 3.13. The first-order valence-electron chi connectivity index (χ1n) is 10.9. The molecule has 2 amide bonds. The first-order valence-corrected chi connectivity index (χ1v) is 10.9. The largest absolute Gasteiger partial charge is 0.418 e. The normalized spacial score (nSPS) is 22.9. The third-order valence-corrected chi connectivity index (χ3v) is 6.40. The van der Waals surface area contributed by atoms with E-state index in [2.05, 4.69) is 15.4 Å². The van der Waals surface area contributed by atoms with Crippen LogP contribution in [0.15, 0.2) is 30.6 Å². The van der Waals surface area contributed by atoms with Gasteiger partial charge in [0.05, 0.1) is 29.4 Å². The number of nitrogen functional groups attached to an aromatic ring is 1. The van der Waals surface area contributed by atoms with Gasteiger partial charge in [0.1, 0.15) is 29.8 Å². The smallest absolute Gasteiger partial charge is 0.382 e. The number of nitrogens with one attached hydrogen (secondary N) is 1. The van der Waals surface area contributed by atoms with Crippen molar-refractivity contribution in [3.05, 3.63) is 47.5 Å². The van der Waals surface area contributed by atoms with Crippen LogP contribution in [0.25, 0.3) is 16.8 Å². The molecule has 8 nitrogen and oxygen atoms in total. The van der Waals surface area contributed by atoms with Crippen molar-refractivity contribution in [2.75, 3.05) is 18.8 Å². The van der Waals surface area contributed by atoms with Gasteiger partial charge in [0.25, 0.3) is 11.8 Å². The van der Waals surface area contributed by atoms with Crippen LogP contribution in [0.5, 0.6) is 0 Å². The number of hydrogen-bond acceptors (Lipinski definition) is 5. The Bertz CT molecular complexity index is 1420. The third-order valence-electron chi connectivity index (χ3n) is 6.40. The quantitative estimate of drug-likeness (QED) is 0.505. The Kier molecular flexibility index (Phi) is 5.56. The predicted octanol–water partition coefficient (Wildman–Crippen LogP) is 3.07. The van der Waals surface area contributed by atoms with Crippen LogP contribution in [0.4, 0.5) is 36.6 Å². The highest BCUT2D eigenvalue weighted by atomic mass is 19.4. The highest BCUT2D eigenvalue weighted by Gasteiger charge is 2.63. The first kappa shape index (κ1) is 24.8. The molecule has 3 aromatic rings. The molecule has 196 valence electrons. The molecule has 3 atom stereocenters. The lowest BCUT2D eigenvalue weighted by Gasteiger charge is -2.17. The SMILES string of the molecule is Nc1ncnn2c(-c3ccc(F)c(C(=O)N[C@@H]4CN(C(=O)C5CC5(F)F)C[C@@H]4F)c3)cc(C(F)(F)F)c12. The second kappa shape index (κ2) is 8.31. The number of nitrogens with zero attached hydrogens (tertiary/aromatic N) is 4. The predicted molar refractivity (Wildman–Crippen MR) is 114 cm³/mol. The summed E-state index contributed by atoms with van der Waals surface area (Å²) in [7, 11) is 0. The molecule has 0 spiro atoms. The van der Waals surface area contributed by atoms with E-state index in [1.54, 1.807) is 0 Å². The minimum absolute atomic E-state index is 0.0360. The van der Waals surface area contributed by atoms with E-state index in [1.165, 1.54) is 0 Å². The van der Waals surface area contributed by atoms with Gasteiger partial charge in [-0.1, -0.05) is 0 Å². The summed E-state index contributed by atoms with van der Waals surface area (Å²) in [5, 5.41) is 6.03. The topological polar surface area (TPSA) is 106 Å². The number of fused-ring (bicyclic) bond motifs is 1. The van der Waals surface area contributed by atoms with Crippen molar-refractivity contribution in [2.24, 2.45) is 5.92 Å². The molecule has 3 heterocycles. The lowest BCUT2D eigenvalue weighted by molar-refractivity contribution is -0.136. The van der Waals surface area contributed by atoms with Crippen LogP contribution in [0.1, 0.15) is 22.3 Å². The maximum atomic E-state index is 14.5. The van der Waals surface area contributed by atoms with Crippen molar-refractivity contribution in [3.63, 3.8) is 0 Å². The highest BCUT2D eigenvalue weighted by molar-refractivity contribution is 5.96. The van der Waals surface area contributed by atoms with Crippen LogP contribution >= 0.6 is 0 Å². The van der Waals surface area contributed by atoms with E-state index >= 15 is 0 Å². The van der Waals surface area contributed by atoms with Gasteiger partial charge in [0.15, 0.2) is 5.82 Å². The van der Waals surface area contributed by atoms with E-state index in [0.29, 0.717) is 0 Å². The zero-order valence-corrected chi connectivity index (χ0v) is 18.6. The maximum Gasteiger partial charge on any atom is 0.418 e. The zero-order chi connectivity index (χ0) is 26.9. The van der Waals surface area contributed by atoms with Crippen LogP contribution in [0.3, 0.4) is 0 Å². The van der Waals surface area contributed by atoms with Crippen LogP contribution in [-0.2, 0) is 11.0 Å². The van der Waals surface area contributed by atoms with Crippen molar-refractivity contribution < 1.29 is 40.3 Å². The molecule has 1 aliphatic heterocycles. The molecule has 1 saturated heterocycles. The molecular formula is C22H17F7N6O2. The molecule has 1 aliphatic carbocycles. The number of hydrogen-bond donors (Lipinski definition) is 2. The molecule has 0 radical (unpaired) electrons. The molecule has 1 aromatic carbocycles. The molecule has 1 saturated carbocycles. The van der Waals surface area contributed by atoms with Gasteiger partial charge in [-0.2, -0.15) is 18.3 Å². The minimum atomic E-state index is -4.82. The molecule has 2 aromatic heterocycles. The average molecular weight is 530 g/mol. The van der Waals surface area contributed by atoms with Crippen LogP contribution < -0.4 is 11.1 Å². The summed E-state index contributed by atoms with van der Waals surface area (Å²) in [6, 6.07) is 2.34. The van der Waals surface area contributed by atoms with Gasteiger partial charge in [-0.05, 0) is 24.3 Å². The minimum Gasteiger partial charge on any atom is -0.382 e. The fourth-order valence-corrected chi connectivity index (χ4v) is 4.38. The summed E-state index contributed by atoms with van der Waals surface area (Å²) in [6.07, 6.45) is -6.32. The molecule has 2 aliphatic rings. The Morgan fingerprint density at radius 3 is 2.51 bits per heavy atom. The second-order valence-corrected chi connectivity index (χ2v) is 8.90. The third kappa shape index (κ3) is 4.31. The van der Waals surface area contributed by atoms with Crippen molar-refractivity contribution in [1.29, 1.82) is 0 Å². The van der Waals surface area contributed by atoms with E-state index in [0.717, 1.165) is 40.0 Å². The number of aromatic nitrogens is 3. The van der Waals surface area contributed by atoms with Gasteiger partial charge < -0.3 is 16.0 Å². The van der Waals surface area contributed by atoms with Crippen molar-refractivity contribution in [1.82, 2.24) is 24.8 Å². The summed E-state index contributed by atoms with van der Waals surface area (Å²) in [6.45, 7) is -0.912. The van der Waals surface area contributed by atoms with Crippen LogP contribution in [-0.4, -0.2) is 62.5 Å². The van der Waals surface area contributed by atoms with Crippen molar-refractivity contribution in [3.8, 4) is 11.3 Å². The fraction of sp³-hybridized carbons (Fsp3) is 0.364. The fourth-order valence-electron chi connectivity index (χ4n) is 4.38. The Morgan fingerprint density at radius 2 is 1.86 bits per heavy atom. The van der Waals surface area contributed by atoms with Gasteiger partial charge in [-0.15, -0.1) is 0 Å². The Labute approximate surface area is 203 Å². The molecular weight excluding hydrogens is 513 g/mol.